The summed E-state index contributed by atoms with van der Waals surface area (Å²) in [6, 6.07) is 7.27. The van der Waals surface area contributed by atoms with Crippen molar-refractivity contribution >= 4 is 5.91 Å². The highest BCUT2D eigenvalue weighted by molar-refractivity contribution is 5.81. The lowest BCUT2D eigenvalue weighted by Crippen LogP contribution is -2.57. The third-order valence-electron chi connectivity index (χ3n) is 5.41. The number of nitrogens with zero attached hydrogens (tertiary/aromatic N) is 1. The number of carbonyl (C=O) groups excluding carboxylic acids is 1. The van der Waals surface area contributed by atoms with Crippen LogP contribution in [0.4, 0.5) is 0 Å². The fraction of sp³-hybridized carbons (Fsp3) is 0.588. The van der Waals surface area contributed by atoms with Crippen molar-refractivity contribution in [3.63, 3.8) is 0 Å². The second-order valence-electron chi connectivity index (χ2n) is 6.49. The SMILES string of the molecule is Cc1cccc2c1[C@@H]1C[C@@H]3NCCC[C@@H]3C(=O)N1CC2. The number of hydrogen-bond acceptors (Lipinski definition) is 2. The zero-order valence-corrected chi connectivity index (χ0v) is 12.1. The van der Waals surface area contributed by atoms with Crippen LogP contribution in [0, 0.1) is 12.8 Å². The lowest BCUT2D eigenvalue weighted by atomic mass is 9.76. The first kappa shape index (κ1) is 12.4. The number of piperidine rings is 2. The van der Waals surface area contributed by atoms with Gasteiger partial charge in [0.25, 0.3) is 0 Å². The minimum absolute atomic E-state index is 0.227. The van der Waals surface area contributed by atoms with Gasteiger partial charge in [0, 0.05) is 12.6 Å². The molecule has 1 aromatic rings. The van der Waals surface area contributed by atoms with Crippen LogP contribution >= 0.6 is 0 Å². The highest BCUT2D eigenvalue weighted by Gasteiger charge is 2.45. The molecule has 0 bridgehead atoms. The molecule has 106 valence electrons. The largest absolute Gasteiger partial charge is 0.335 e. The zero-order valence-electron chi connectivity index (χ0n) is 12.1. The Kier molecular flexibility index (Phi) is 2.84. The Hall–Kier alpha value is -1.35. The molecule has 2 fully saturated rings. The van der Waals surface area contributed by atoms with Crippen LogP contribution in [0.15, 0.2) is 18.2 Å². The average Bonchev–Trinajstić information content (AvgIpc) is 2.47. The van der Waals surface area contributed by atoms with Gasteiger partial charge in [0.1, 0.15) is 0 Å². The molecule has 1 amide bonds. The van der Waals surface area contributed by atoms with Crippen LogP contribution in [0.5, 0.6) is 0 Å². The molecule has 0 aromatic heterocycles. The summed E-state index contributed by atoms with van der Waals surface area (Å²) in [5.74, 6) is 0.623. The van der Waals surface area contributed by atoms with Crippen molar-refractivity contribution < 1.29 is 4.79 Å². The third kappa shape index (κ3) is 1.72. The molecule has 0 unspecified atom stereocenters. The number of hydrogen-bond donors (Lipinski definition) is 1. The van der Waals surface area contributed by atoms with E-state index >= 15 is 0 Å². The molecule has 3 atom stereocenters. The Morgan fingerprint density at radius 3 is 3.15 bits per heavy atom. The van der Waals surface area contributed by atoms with Crippen molar-refractivity contribution in [1.82, 2.24) is 10.2 Å². The van der Waals surface area contributed by atoms with Gasteiger partial charge in [-0.2, -0.15) is 0 Å². The van der Waals surface area contributed by atoms with Crippen molar-refractivity contribution in [1.29, 1.82) is 0 Å². The number of fused-ring (bicyclic) bond motifs is 4. The van der Waals surface area contributed by atoms with Crippen molar-refractivity contribution in [3.05, 3.63) is 34.9 Å². The van der Waals surface area contributed by atoms with Crippen LogP contribution < -0.4 is 5.32 Å². The van der Waals surface area contributed by atoms with Crippen molar-refractivity contribution in [2.75, 3.05) is 13.1 Å². The van der Waals surface area contributed by atoms with E-state index in [4.69, 9.17) is 0 Å². The minimum Gasteiger partial charge on any atom is -0.335 e. The summed E-state index contributed by atoms with van der Waals surface area (Å²) in [5, 5.41) is 3.59. The fourth-order valence-electron chi connectivity index (χ4n) is 4.45. The van der Waals surface area contributed by atoms with E-state index in [-0.39, 0.29) is 5.92 Å². The first-order valence-corrected chi connectivity index (χ1v) is 7.88. The van der Waals surface area contributed by atoms with E-state index in [2.05, 4.69) is 35.3 Å². The second-order valence-corrected chi connectivity index (χ2v) is 6.49. The Bertz CT molecular complexity index is 554. The van der Waals surface area contributed by atoms with Gasteiger partial charge in [-0.15, -0.1) is 0 Å². The highest BCUT2D eigenvalue weighted by Crippen LogP contribution is 2.42. The van der Waals surface area contributed by atoms with Gasteiger partial charge >= 0.3 is 0 Å². The Labute approximate surface area is 120 Å². The maximum atomic E-state index is 12.8. The van der Waals surface area contributed by atoms with Crippen molar-refractivity contribution in [2.45, 2.75) is 44.7 Å². The standard InChI is InChI=1S/C17H22N2O/c1-11-4-2-5-12-7-9-19-15(16(11)12)10-14-13(17(19)20)6-3-8-18-14/h2,4-5,13-15,18H,3,6-10H2,1H3/t13-,14-,15-/m0/s1. The summed E-state index contributed by atoms with van der Waals surface area (Å²) in [6.07, 6.45) is 4.32. The Morgan fingerprint density at radius 2 is 2.25 bits per heavy atom. The van der Waals surface area contributed by atoms with Gasteiger partial charge in [0.2, 0.25) is 5.91 Å². The van der Waals surface area contributed by atoms with E-state index in [1.807, 2.05) is 0 Å². The predicted octanol–water partition coefficient (Wildman–Crippen LogP) is 2.19. The topological polar surface area (TPSA) is 32.3 Å². The number of nitrogens with one attached hydrogen (secondary N) is 1. The molecule has 3 aliphatic rings. The second kappa shape index (κ2) is 4.59. The zero-order chi connectivity index (χ0) is 13.7. The van der Waals surface area contributed by atoms with Crippen molar-refractivity contribution in [3.8, 4) is 0 Å². The normalized spacial score (nSPS) is 32.4. The molecule has 3 heteroatoms. The van der Waals surface area contributed by atoms with Crippen LogP contribution in [-0.2, 0) is 11.2 Å². The van der Waals surface area contributed by atoms with E-state index < -0.39 is 0 Å². The molecule has 3 aliphatic heterocycles. The summed E-state index contributed by atoms with van der Waals surface area (Å²) in [5.41, 5.74) is 4.23. The van der Waals surface area contributed by atoms with Crippen LogP contribution in [0.3, 0.4) is 0 Å². The summed E-state index contributed by atoms with van der Waals surface area (Å²) < 4.78 is 0. The van der Waals surface area contributed by atoms with E-state index in [1.165, 1.54) is 16.7 Å². The van der Waals surface area contributed by atoms with E-state index in [0.29, 0.717) is 18.0 Å². The van der Waals surface area contributed by atoms with Crippen LogP contribution in [0.1, 0.15) is 42.0 Å². The highest BCUT2D eigenvalue weighted by atomic mass is 16.2. The molecule has 0 aliphatic carbocycles. The molecule has 20 heavy (non-hydrogen) atoms. The number of aryl methyl sites for hydroxylation is 1. The number of amides is 1. The van der Waals surface area contributed by atoms with Gasteiger partial charge in [-0.05, 0) is 55.8 Å². The number of rotatable bonds is 0. The van der Waals surface area contributed by atoms with Gasteiger partial charge in [0.15, 0.2) is 0 Å². The van der Waals surface area contributed by atoms with Gasteiger partial charge in [-0.3, -0.25) is 4.79 Å². The summed E-state index contributed by atoms with van der Waals surface area (Å²) in [7, 11) is 0. The maximum Gasteiger partial charge on any atom is 0.227 e. The van der Waals surface area contributed by atoms with Gasteiger partial charge in [-0.1, -0.05) is 18.2 Å². The fourth-order valence-corrected chi connectivity index (χ4v) is 4.45. The first-order chi connectivity index (χ1) is 9.75. The van der Waals surface area contributed by atoms with E-state index in [0.717, 1.165) is 38.8 Å². The molecule has 1 N–H and O–H groups in total. The van der Waals surface area contributed by atoms with E-state index in [1.54, 1.807) is 0 Å². The third-order valence-corrected chi connectivity index (χ3v) is 5.41. The maximum absolute atomic E-state index is 12.8. The molecular weight excluding hydrogens is 248 g/mol. The Balaban J connectivity index is 1.74. The molecular formula is C17H22N2O. The molecule has 3 heterocycles. The van der Waals surface area contributed by atoms with Gasteiger partial charge < -0.3 is 10.2 Å². The van der Waals surface area contributed by atoms with Gasteiger partial charge in [-0.25, -0.2) is 0 Å². The Morgan fingerprint density at radius 1 is 1.35 bits per heavy atom. The molecule has 3 nitrogen and oxygen atoms in total. The van der Waals surface area contributed by atoms with E-state index in [9.17, 15) is 4.79 Å². The molecule has 2 saturated heterocycles. The summed E-state index contributed by atoms with van der Waals surface area (Å²) >= 11 is 0. The molecule has 0 radical (unpaired) electrons. The summed E-state index contributed by atoms with van der Waals surface area (Å²) in [6.45, 7) is 4.16. The number of benzene rings is 1. The van der Waals surface area contributed by atoms with Crippen LogP contribution in [0.25, 0.3) is 0 Å². The minimum atomic E-state index is 0.227. The molecule has 4 rings (SSSR count). The molecule has 0 spiro atoms. The quantitative estimate of drug-likeness (QED) is 0.784. The van der Waals surface area contributed by atoms with Gasteiger partial charge in [0.05, 0.1) is 12.0 Å². The van der Waals surface area contributed by atoms with Crippen LogP contribution in [-0.4, -0.2) is 29.9 Å². The molecule has 1 aromatic carbocycles. The lowest BCUT2D eigenvalue weighted by Gasteiger charge is -2.48. The smallest absolute Gasteiger partial charge is 0.227 e. The summed E-state index contributed by atoms with van der Waals surface area (Å²) in [4.78, 5) is 15.0. The average molecular weight is 270 g/mol. The number of carbonyl (C=O) groups is 1. The first-order valence-electron chi connectivity index (χ1n) is 7.88. The lowest BCUT2D eigenvalue weighted by molar-refractivity contribution is -0.145. The predicted molar refractivity (Wildman–Crippen MR) is 78.5 cm³/mol. The van der Waals surface area contributed by atoms with Crippen LogP contribution in [0.2, 0.25) is 0 Å². The van der Waals surface area contributed by atoms with Crippen molar-refractivity contribution in [2.24, 2.45) is 5.92 Å². The monoisotopic (exact) mass is 270 g/mol. The molecule has 0 saturated carbocycles.